The second-order valence-corrected chi connectivity index (χ2v) is 5.91. The number of hydrogen-bond donors (Lipinski definition) is 1. The van der Waals surface area contributed by atoms with Crippen molar-refractivity contribution >= 4 is 17.3 Å². The molecular weight excluding hydrogens is 262 g/mol. The molecule has 1 aliphatic rings. The van der Waals surface area contributed by atoms with Crippen molar-refractivity contribution in [1.29, 1.82) is 0 Å². The highest BCUT2D eigenvalue weighted by molar-refractivity contribution is 7.11. The van der Waals surface area contributed by atoms with E-state index in [1.54, 1.807) is 23.7 Å². The van der Waals surface area contributed by atoms with E-state index in [-0.39, 0.29) is 12.3 Å². The molecule has 2 aromatic rings. The lowest BCUT2D eigenvalue weighted by Crippen LogP contribution is -2.07. The van der Waals surface area contributed by atoms with Crippen molar-refractivity contribution in [3.05, 3.63) is 39.7 Å². The molecule has 5 heteroatoms. The summed E-state index contributed by atoms with van der Waals surface area (Å²) in [4.78, 5) is 17.0. The molecule has 2 heterocycles. The molecule has 0 radical (unpaired) electrons. The Kier molecular flexibility index (Phi) is 3.38. The van der Waals surface area contributed by atoms with E-state index in [1.165, 1.54) is 17.7 Å². The van der Waals surface area contributed by atoms with Gasteiger partial charge in [0.1, 0.15) is 10.8 Å². The highest BCUT2D eigenvalue weighted by atomic mass is 32.1. The molecule has 0 bridgehead atoms. The lowest BCUT2D eigenvalue weighted by Gasteiger charge is -2.08. The standard InChI is InChI=1S/C14H15NO3S/c16-13(17)8-9(11-5-3-7-18-11)14-15-10-4-1-2-6-12(10)19-14/h3,5,7,9H,1-2,4,6,8H2,(H,16,17). The van der Waals surface area contributed by atoms with Crippen molar-refractivity contribution in [2.45, 2.75) is 38.0 Å². The summed E-state index contributed by atoms with van der Waals surface area (Å²) in [6.07, 6.45) is 6.09. The Morgan fingerprint density at radius 2 is 2.32 bits per heavy atom. The average Bonchev–Trinajstić information content (AvgIpc) is 3.04. The van der Waals surface area contributed by atoms with Crippen LogP contribution in [0, 0.1) is 0 Å². The first-order valence-corrected chi connectivity index (χ1v) is 7.29. The zero-order valence-electron chi connectivity index (χ0n) is 10.5. The molecule has 0 aliphatic heterocycles. The van der Waals surface area contributed by atoms with Gasteiger partial charge in [0.25, 0.3) is 0 Å². The molecule has 2 aromatic heterocycles. The number of furan rings is 1. The molecule has 0 spiro atoms. The van der Waals surface area contributed by atoms with Crippen LogP contribution in [-0.4, -0.2) is 16.1 Å². The first-order valence-electron chi connectivity index (χ1n) is 6.47. The Morgan fingerprint density at radius 1 is 1.47 bits per heavy atom. The molecule has 3 rings (SSSR count). The SMILES string of the molecule is O=C(O)CC(c1ccco1)c1nc2c(s1)CCCC2. The quantitative estimate of drug-likeness (QED) is 0.932. The number of aromatic nitrogens is 1. The predicted octanol–water partition coefficient (Wildman–Crippen LogP) is 3.22. The minimum atomic E-state index is -0.824. The topological polar surface area (TPSA) is 63.3 Å². The van der Waals surface area contributed by atoms with Gasteiger partial charge in [-0.05, 0) is 37.8 Å². The van der Waals surface area contributed by atoms with Gasteiger partial charge < -0.3 is 9.52 Å². The number of hydrogen-bond acceptors (Lipinski definition) is 4. The number of carbonyl (C=O) groups is 1. The van der Waals surface area contributed by atoms with Gasteiger partial charge in [0.05, 0.1) is 24.3 Å². The minimum absolute atomic E-state index is 0.0277. The van der Waals surface area contributed by atoms with Gasteiger partial charge in [-0.1, -0.05) is 0 Å². The number of thiazole rings is 1. The van der Waals surface area contributed by atoms with Gasteiger partial charge in [-0.2, -0.15) is 0 Å². The van der Waals surface area contributed by atoms with Crippen LogP contribution in [0.1, 0.15) is 46.5 Å². The molecule has 0 aromatic carbocycles. The maximum Gasteiger partial charge on any atom is 0.304 e. The Hall–Kier alpha value is -1.62. The molecule has 0 amide bonds. The third-order valence-electron chi connectivity index (χ3n) is 3.43. The normalized spacial score (nSPS) is 16.0. The number of carboxylic acid groups (broad SMARTS) is 1. The molecule has 0 fully saturated rings. The number of carboxylic acids is 1. The van der Waals surface area contributed by atoms with Gasteiger partial charge in [0.2, 0.25) is 0 Å². The van der Waals surface area contributed by atoms with Gasteiger partial charge in [0, 0.05) is 4.88 Å². The van der Waals surface area contributed by atoms with Crippen molar-refractivity contribution < 1.29 is 14.3 Å². The molecule has 1 unspecified atom stereocenters. The van der Waals surface area contributed by atoms with E-state index in [0.29, 0.717) is 5.76 Å². The number of nitrogens with zero attached hydrogens (tertiary/aromatic N) is 1. The fraction of sp³-hybridized carbons (Fsp3) is 0.429. The molecular formula is C14H15NO3S. The number of aryl methyl sites for hydroxylation is 2. The Morgan fingerprint density at radius 3 is 3.00 bits per heavy atom. The van der Waals surface area contributed by atoms with Crippen LogP contribution in [0.3, 0.4) is 0 Å². The summed E-state index contributed by atoms with van der Waals surface area (Å²) in [6, 6.07) is 3.62. The monoisotopic (exact) mass is 277 g/mol. The Bertz CT molecular complexity index is 550. The summed E-state index contributed by atoms with van der Waals surface area (Å²) in [5, 5.41) is 9.96. The summed E-state index contributed by atoms with van der Waals surface area (Å²) in [5.74, 6) is -0.397. The molecule has 4 nitrogen and oxygen atoms in total. The van der Waals surface area contributed by atoms with Gasteiger partial charge in [-0.25, -0.2) is 4.98 Å². The fourth-order valence-electron chi connectivity index (χ4n) is 2.49. The molecule has 19 heavy (non-hydrogen) atoms. The summed E-state index contributed by atoms with van der Waals surface area (Å²) in [6.45, 7) is 0. The fourth-order valence-corrected chi connectivity index (χ4v) is 3.76. The molecule has 1 N–H and O–H groups in total. The molecule has 1 aliphatic carbocycles. The Balaban J connectivity index is 1.95. The van der Waals surface area contributed by atoms with Crippen molar-refractivity contribution in [1.82, 2.24) is 4.98 Å². The molecule has 1 atom stereocenters. The molecule has 0 saturated carbocycles. The van der Waals surface area contributed by atoms with Crippen LogP contribution in [0.15, 0.2) is 22.8 Å². The zero-order valence-corrected chi connectivity index (χ0v) is 11.3. The number of fused-ring (bicyclic) bond motifs is 1. The minimum Gasteiger partial charge on any atom is -0.481 e. The average molecular weight is 277 g/mol. The van der Waals surface area contributed by atoms with E-state index in [4.69, 9.17) is 9.52 Å². The van der Waals surface area contributed by atoms with Crippen LogP contribution in [0.4, 0.5) is 0 Å². The lowest BCUT2D eigenvalue weighted by molar-refractivity contribution is -0.137. The van der Waals surface area contributed by atoms with Crippen molar-refractivity contribution in [2.24, 2.45) is 0 Å². The predicted molar refractivity (Wildman–Crippen MR) is 71.6 cm³/mol. The first-order chi connectivity index (χ1) is 9.24. The van der Waals surface area contributed by atoms with E-state index in [9.17, 15) is 4.79 Å². The van der Waals surface area contributed by atoms with Crippen molar-refractivity contribution in [3.63, 3.8) is 0 Å². The van der Waals surface area contributed by atoms with Crippen LogP contribution >= 0.6 is 11.3 Å². The van der Waals surface area contributed by atoms with Gasteiger partial charge in [-0.3, -0.25) is 4.79 Å². The summed E-state index contributed by atoms with van der Waals surface area (Å²) < 4.78 is 5.39. The van der Waals surface area contributed by atoms with Crippen molar-refractivity contribution in [3.8, 4) is 0 Å². The highest BCUT2D eigenvalue weighted by Crippen LogP contribution is 2.35. The van der Waals surface area contributed by atoms with Crippen LogP contribution < -0.4 is 0 Å². The third kappa shape index (κ3) is 2.56. The van der Waals surface area contributed by atoms with E-state index >= 15 is 0 Å². The first kappa shape index (κ1) is 12.4. The van der Waals surface area contributed by atoms with E-state index in [1.807, 2.05) is 6.07 Å². The largest absolute Gasteiger partial charge is 0.481 e. The van der Waals surface area contributed by atoms with E-state index in [0.717, 1.165) is 23.5 Å². The zero-order chi connectivity index (χ0) is 13.2. The van der Waals surface area contributed by atoms with Crippen LogP contribution in [0.2, 0.25) is 0 Å². The Labute approximate surface area is 115 Å². The highest BCUT2D eigenvalue weighted by Gasteiger charge is 2.26. The van der Waals surface area contributed by atoms with Gasteiger partial charge >= 0.3 is 5.97 Å². The summed E-state index contributed by atoms with van der Waals surface area (Å²) >= 11 is 1.65. The maximum absolute atomic E-state index is 11.1. The van der Waals surface area contributed by atoms with Gasteiger partial charge in [0.15, 0.2) is 0 Å². The van der Waals surface area contributed by atoms with Crippen LogP contribution in [-0.2, 0) is 17.6 Å². The third-order valence-corrected chi connectivity index (χ3v) is 4.70. The van der Waals surface area contributed by atoms with Crippen molar-refractivity contribution in [2.75, 3.05) is 0 Å². The number of aliphatic carboxylic acids is 1. The lowest BCUT2D eigenvalue weighted by atomic mass is 10.0. The van der Waals surface area contributed by atoms with E-state index in [2.05, 4.69) is 4.98 Å². The summed E-state index contributed by atoms with van der Waals surface area (Å²) in [7, 11) is 0. The maximum atomic E-state index is 11.1. The van der Waals surface area contributed by atoms with Gasteiger partial charge in [-0.15, -0.1) is 11.3 Å². The second kappa shape index (κ2) is 5.17. The number of rotatable bonds is 4. The molecule has 100 valence electrons. The smallest absolute Gasteiger partial charge is 0.304 e. The van der Waals surface area contributed by atoms with E-state index < -0.39 is 5.97 Å². The van der Waals surface area contributed by atoms with Crippen LogP contribution in [0.25, 0.3) is 0 Å². The molecule has 0 saturated heterocycles. The second-order valence-electron chi connectivity index (χ2n) is 4.79. The van der Waals surface area contributed by atoms with Crippen LogP contribution in [0.5, 0.6) is 0 Å². The summed E-state index contributed by atoms with van der Waals surface area (Å²) in [5.41, 5.74) is 1.16.